The highest BCUT2D eigenvalue weighted by Crippen LogP contribution is 2.53. The first kappa shape index (κ1) is 38.7. The van der Waals surface area contributed by atoms with Crippen LogP contribution in [0.3, 0.4) is 0 Å². The molecule has 10 rings (SSSR count). The quantitative estimate of drug-likeness (QED) is 0.166. The molecule has 0 spiro atoms. The first-order valence-electron chi connectivity index (χ1n) is 21.5. The lowest BCUT2D eigenvalue weighted by atomic mass is 9.36. The summed E-state index contributed by atoms with van der Waals surface area (Å²) >= 11 is 1.95. The minimum absolute atomic E-state index is 0.000800. The second-order valence-corrected chi connectivity index (χ2v) is 21.5. The first-order valence-corrected chi connectivity index (χ1v) is 22.3. The molecule has 302 valence electrons. The summed E-state index contributed by atoms with van der Waals surface area (Å²) in [5.41, 5.74) is 20.0. The van der Waals surface area contributed by atoms with E-state index >= 15 is 0 Å². The number of benzene rings is 6. The van der Waals surface area contributed by atoms with E-state index in [1.165, 1.54) is 93.0 Å². The van der Waals surface area contributed by atoms with Crippen LogP contribution in [0.1, 0.15) is 95.7 Å². The van der Waals surface area contributed by atoms with E-state index in [0.717, 1.165) is 22.9 Å². The summed E-state index contributed by atoms with van der Waals surface area (Å²) in [6, 6.07) is 39.4. The molecule has 3 aliphatic rings. The van der Waals surface area contributed by atoms with Crippen LogP contribution in [-0.4, -0.2) is 13.5 Å². The van der Waals surface area contributed by atoms with Gasteiger partial charge in [0.25, 0.3) is 6.71 Å². The van der Waals surface area contributed by atoms with Crippen molar-refractivity contribution in [3.8, 4) is 22.6 Å². The summed E-state index contributed by atoms with van der Waals surface area (Å²) in [5, 5.41) is 1.31. The van der Waals surface area contributed by atoms with Crippen LogP contribution in [0.25, 0.3) is 21.2 Å². The molecule has 7 aromatic rings. The van der Waals surface area contributed by atoms with Crippen LogP contribution in [-0.2, 0) is 16.2 Å². The Morgan fingerprint density at radius 1 is 0.550 bits per heavy atom. The molecule has 0 saturated carbocycles. The van der Waals surface area contributed by atoms with Crippen molar-refractivity contribution in [2.75, 3.05) is 16.6 Å². The molecule has 6 aromatic carbocycles. The molecule has 4 heterocycles. The molecule has 0 N–H and O–H groups in total. The highest BCUT2D eigenvalue weighted by molar-refractivity contribution is 7.33. The summed E-state index contributed by atoms with van der Waals surface area (Å²) in [4.78, 5) is 5.18. The van der Waals surface area contributed by atoms with Crippen LogP contribution < -0.4 is 35.0 Å². The van der Waals surface area contributed by atoms with Gasteiger partial charge in [0, 0.05) is 43.6 Å². The van der Waals surface area contributed by atoms with Crippen molar-refractivity contribution in [2.45, 2.75) is 99.3 Å². The van der Waals surface area contributed by atoms with E-state index < -0.39 is 0 Å². The number of hydrogen-bond donors (Lipinski definition) is 0. The third kappa shape index (κ3) is 6.00. The lowest BCUT2D eigenvalue weighted by Gasteiger charge is -2.44. The number of aryl methyl sites for hydroxylation is 3. The average Bonchev–Trinajstić information content (AvgIpc) is 3.80. The van der Waals surface area contributed by atoms with Crippen molar-refractivity contribution in [1.29, 1.82) is 0 Å². The summed E-state index contributed by atoms with van der Waals surface area (Å²) < 4.78 is 15.1. The maximum atomic E-state index is 6.21. The van der Waals surface area contributed by atoms with E-state index in [4.69, 9.17) is 9.47 Å². The minimum Gasteiger partial charge on any atom is -0.454 e. The number of anilines is 6. The average molecular weight is 807 g/mol. The lowest BCUT2D eigenvalue weighted by Crippen LogP contribution is -2.60. The van der Waals surface area contributed by atoms with Crippen LogP contribution >= 0.6 is 11.3 Å². The van der Waals surface area contributed by atoms with E-state index in [-0.39, 0.29) is 29.8 Å². The standard InChI is InChI=1S/C54H55BN2O2S/c1-31-22-43-48-44(23-31)57(49-32(2)24-37(25-33(49)3)54(10,11)12)50-39-27-36(53(7,8)9)19-21-47(39)60-51(50)55(48)40-28-45-46(59-30-58-45)29-42(40)56(43)41-20-18-35(52(4,5)6)26-38(41)34-16-14-13-15-17-34/h13-29H,30H2,1-12H3. The maximum absolute atomic E-state index is 6.21. The van der Waals surface area contributed by atoms with Crippen LogP contribution in [0, 0.1) is 20.8 Å². The highest BCUT2D eigenvalue weighted by atomic mass is 32.1. The zero-order chi connectivity index (χ0) is 42.2. The van der Waals surface area contributed by atoms with Crippen LogP contribution in [0.4, 0.5) is 34.1 Å². The van der Waals surface area contributed by atoms with E-state index in [9.17, 15) is 0 Å². The minimum atomic E-state index is -0.0263. The Morgan fingerprint density at radius 2 is 1.15 bits per heavy atom. The topological polar surface area (TPSA) is 24.9 Å². The number of nitrogens with zero attached hydrogens (tertiary/aromatic N) is 2. The SMILES string of the molecule is Cc1cc2c3c(c1)N(c1c(C)cc(C(C)(C)C)cc1C)c1c(sc4ccc(C(C)(C)C)cc14)B3c1cc3c(cc1N2c1ccc(C(C)(C)C)cc1-c1ccccc1)OCO3. The molecule has 0 radical (unpaired) electrons. The van der Waals surface area contributed by atoms with Crippen molar-refractivity contribution in [3.05, 3.63) is 137 Å². The number of hydrogen-bond acceptors (Lipinski definition) is 5. The van der Waals surface area contributed by atoms with Crippen molar-refractivity contribution >= 4 is 78.0 Å². The predicted octanol–water partition coefficient (Wildman–Crippen LogP) is 13.2. The Hall–Kier alpha value is -5.46. The van der Waals surface area contributed by atoms with Gasteiger partial charge in [-0.05, 0) is 129 Å². The molecule has 0 bridgehead atoms. The summed E-state index contributed by atoms with van der Waals surface area (Å²) in [5.74, 6) is 1.60. The summed E-state index contributed by atoms with van der Waals surface area (Å²) in [6.45, 7) is 27.9. The van der Waals surface area contributed by atoms with Crippen molar-refractivity contribution in [1.82, 2.24) is 0 Å². The van der Waals surface area contributed by atoms with Crippen LogP contribution in [0.2, 0.25) is 0 Å². The van der Waals surface area contributed by atoms with Gasteiger partial charge >= 0.3 is 0 Å². The molecule has 4 nitrogen and oxygen atoms in total. The predicted molar refractivity (Wildman–Crippen MR) is 258 cm³/mol. The largest absolute Gasteiger partial charge is 0.454 e. The van der Waals surface area contributed by atoms with Gasteiger partial charge in [-0.2, -0.15) is 0 Å². The highest BCUT2D eigenvalue weighted by Gasteiger charge is 2.47. The number of ether oxygens (including phenoxy) is 2. The Bertz CT molecular complexity index is 2880. The number of rotatable bonds is 3. The smallest absolute Gasteiger partial charge is 0.264 e. The molecule has 0 fully saturated rings. The number of fused-ring (bicyclic) bond motifs is 7. The van der Waals surface area contributed by atoms with Crippen molar-refractivity contribution in [3.63, 3.8) is 0 Å². The zero-order valence-corrected chi connectivity index (χ0v) is 38.0. The van der Waals surface area contributed by atoms with Crippen molar-refractivity contribution < 1.29 is 9.47 Å². The van der Waals surface area contributed by atoms with Gasteiger partial charge in [0.1, 0.15) is 0 Å². The first-order chi connectivity index (χ1) is 28.4. The van der Waals surface area contributed by atoms with Gasteiger partial charge in [-0.25, -0.2) is 0 Å². The van der Waals surface area contributed by atoms with E-state index in [0.29, 0.717) is 0 Å². The van der Waals surface area contributed by atoms with Crippen molar-refractivity contribution in [2.24, 2.45) is 0 Å². The van der Waals surface area contributed by atoms with Gasteiger partial charge in [-0.1, -0.05) is 117 Å². The Labute approximate surface area is 360 Å². The van der Waals surface area contributed by atoms with Gasteiger partial charge in [0.15, 0.2) is 11.5 Å². The molecule has 0 aliphatic carbocycles. The normalized spacial score (nSPS) is 14.4. The number of thiophene rings is 1. The Kier molecular flexibility index (Phi) is 8.57. The monoisotopic (exact) mass is 806 g/mol. The van der Waals surface area contributed by atoms with Crippen LogP contribution in [0.5, 0.6) is 11.5 Å². The molecular formula is C54H55BN2O2S. The fourth-order valence-electron chi connectivity index (χ4n) is 9.75. The van der Waals surface area contributed by atoms with Gasteiger partial charge in [-0.3, -0.25) is 0 Å². The Balaban J connectivity index is 1.34. The second kappa shape index (κ2) is 13.3. The molecular weight excluding hydrogens is 751 g/mol. The third-order valence-corrected chi connectivity index (χ3v) is 14.2. The second-order valence-electron chi connectivity index (χ2n) is 20.4. The van der Waals surface area contributed by atoms with E-state index in [2.05, 4.69) is 196 Å². The zero-order valence-electron chi connectivity index (χ0n) is 37.2. The van der Waals surface area contributed by atoms with E-state index in [1.54, 1.807) is 0 Å². The van der Waals surface area contributed by atoms with E-state index in [1.807, 2.05) is 11.3 Å². The fraction of sp³-hybridized carbons (Fsp3) is 0.296. The molecule has 0 unspecified atom stereocenters. The maximum Gasteiger partial charge on any atom is 0.264 e. The van der Waals surface area contributed by atoms with Gasteiger partial charge < -0.3 is 19.3 Å². The fourth-order valence-corrected chi connectivity index (χ4v) is 11.1. The van der Waals surface area contributed by atoms with Crippen LogP contribution in [0.15, 0.2) is 103 Å². The summed E-state index contributed by atoms with van der Waals surface area (Å²) in [7, 11) is 0. The Morgan fingerprint density at radius 3 is 1.80 bits per heavy atom. The molecule has 0 amide bonds. The molecule has 60 heavy (non-hydrogen) atoms. The van der Waals surface area contributed by atoms with Gasteiger partial charge in [-0.15, -0.1) is 11.3 Å². The molecule has 6 heteroatoms. The van der Waals surface area contributed by atoms with Gasteiger partial charge in [0.05, 0.1) is 17.1 Å². The lowest BCUT2D eigenvalue weighted by molar-refractivity contribution is 0.174. The molecule has 3 aliphatic heterocycles. The molecule has 0 atom stereocenters. The summed E-state index contributed by atoms with van der Waals surface area (Å²) in [6.07, 6.45) is 0. The van der Waals surface area contributed by atoms with Gasteiger partial charge in [0.2, 0.25) is 6.79 Å². The molecule has 1 aromatic heterocycles. The third-order valence-electron chi connectivity index (χ3n) is 12.9. The molecule has 0 saturated heterocycles.